The Labute approximate surface area is 294 Å². The van der Waals surface area contributed by atoms with Gasteiger partial charge in [-0.1, -0.05) is 160 Å². The Morgan fingerprint density at radius 2 is 0.938 bits per heavy atom. The highest BCUT2D eigenvalue weighted by atomic mass is 31.2. The number of carbonyl (C=O) groups excluding carboxylic acids is 2. The van der Waals surface area contributed by atoms with Gasteiger partial charge in [-0.15, -0.1) is 0 Å². The van der Waals surface area contributed by atoms with E-state index in [9.17, 15) is 14.2 Å². The van der Waals surface area contributed by atoms with Crippen molar-refractivity contribution in [2.45, 2.75) is 200 Å². The fraction of sp³-hybridized carbons (Fsp3) is 0.846. The number of ether oxygens (including phenoxy) is 2. The summed E-state index contributed by atoms with van der Waals surface area (Å²) in [5, 5.41) is 0. The number of unbranched alkanes of at least 4 members (excludes halogenated alkanes) is 22. The fourth-order valence-electron chi connectivity index (χ4n) is 5.52. The van der Waals surface area contributed by atoms with Crippen LogP contribution in [0.4, 0.5) is 0 Å². The lowest BCUT2D eigenvalue weighted by atomic mass is 10.0. The van der Waals surface area contributed by atoms with Crippen molar-refractivity contribution in [2.75, 3.05) is 13.2 Å². The van der Waals surface area contributed by atoms with Crippen LogP contribution in [-0.2, 0) is 28.2 Å². The van der Waals surface area contributed by atoms with Gasteiger partial charge in [0.15, 0.2) is 6.10 Å². The number of allylic oxidation sites excluding steroid dienone is 4. The highest BCUT2D eigenvalue weighted by Crippen LogP contribution is 2.36. The smallest absolute Gasteiger partial charge is 0.462 e. The van der Waals surface area contributed by atoms with Crippen LogP contribution in [-0.4, -0.2) is 41.0 Å². The lowest BCUT2D eigenvalue weighted by Gasteiger charge is -2.18. The molecule has 0 heterocycles. The molecule has 0 saturated carbocycles. The van der Waals surface area contributed by atoms with Crippen molar-refractivity contribution < 1.29 is 37.9 Å². The van der Waals surface area contributed by atoms with E-state index >= 15 is 0 Å². The standard InChI is InChI=1S/C39H73O8P/c1-3-5-7-9-11-12-13-14-15-16-17-18-19-20-21-22-23-24-25-26-28-30-32-34-39(41)47-37(36-46-48(42,43)44)35-45-38(40)33-31-29-27-10-8-6-4-2/h13-14,16-17,37H,3-12,15,18-36H2,1-2H3,(H2,42,43,44)/b14-13-,17-16-. The van der Waals surface area contributed by atoms with Gasteiger partial charge in [0.1, 0.15) is 6.61 Å². The summed E-state index contributed by atoms with van der Waals surface area (Å²) in [6.45, 7) is 3.62. The fourth-order valence-corrected chi connectivity index (χ4v) is 5.88. The second-order valence-electron chi connectivity index (χ2n) is 13.3. The van der Waals surface area contributed by atoms with Crippen molar-refractivity contribution in [1.82, 2.24) is 0 Å². The molecule has 48 heavy (non-hydrogen) atoms. The van der Waals surface area contributed by atoms with Gasteiger partial charge in [0.2, 0.25) is 0 Å². The Kier molecular flexibility index (Phi) is 34.3. The first-order valence-corrected chi connectivity index (χ1v) is 21.2. The van der Waals surface area contributed by atoms with E-state index < -0.39 is 32.5 Å². The molecule has 2 N–H and O–H groups in total. The number of phosphoric acid groups is 1. The van der Waals surface area contributed by atoms with E-state index in [1.807, 2.05) is 0 Å². The highest BCUT2D eigenvalue weighted by molar-refractivity contribution is 7.46. The van der Waals surface area contributed by atoms with Crippen LogP contribution in [0.25, 0.3) is 0 Å². The molecule has 8 nitrogen and oxygen atoms in total. The average Bonchev–Trinajstić information content (AvgIpc) is 3.05. The van der Waals surface area contributed by atoms with Crippen LogP contribution < -0.4 is 0 Å². The largest absolute Gasteiger partial charge is 0.469 e. The zero-order chi connectivity index (χ0) is 35.4. The number of rotatable bonds is 36. The molecule has 0 aliphatic heterocycles. The Morgan fingerprint density at radius 1 is 0.542 bits per heavy atom. The van der Waals surface area contributed by atoms with Crippen LogP contribution in [0.3, 0.4) is 0 Å². The molecule has 0 bridgehead atoms. The lowest BCUT2D eigenvalue weighted by molar-refractivity contribution is -0.161. The van der Waals surface area contributed by atoms with Gasteiger partial charge >= 0.3 is 19.8 Å². The quantitative estimate of drug-likeness (QED) is 0.0287. The predicted molar refractivity (Wildman–Crippen MR) is 198 cm³/mol. The van der Waals surface area contributed by atoms with E-state index in [2.05, 4.69) is 42.7 Å². The van der Waals surface area contributed by atoms with Gasteiger partial charge in [-0.3, -0.25) is 14.1 Å². The van der Waals surface area contributed by atoms with Crippen LogP contribution in [0, 0.1) is 0 Å². The van der Waals surface area contributed by atoms with Crippen LogP contribution in [0.5, 0.6) is 0 Å². The number of hydrogen-bond donors (Lipinski definition) is 2. The number of carbonyl (C=O) groups is 2. The topological polar surface area (TPSA) is 119 Å². The normalized spacial score (nSPS) is 12.7. The van der Waals surface area contributed by atoms with Crippen LogP contribution in [0.2, 0.25) is 0 Å². The predicted octanol–water partition coefficient (Wildman–Crippen LogP) is 11.6. The zero-order valence-corrected chi connectivity index (χ0v) is 31.8. The van der Waals surface area contributed by atoms with E-state index in [1.54, 1.807) is 0 Å². The van der Waals surface area contributed by atoms with Gasteiger partial charge in [0, 0.05) is 12.8 Å². The summed E-state index contributed by atoms with van der Waals surface area (Å²) in [6.07, 6.45) is 39.3. The second kappa shape index (κ2) is 35.4. The number of esters is 2. The zero-order valence-electron chi connectivity index (χ0n) is 30.9. The molecule has 0 spiro atoms. The molecule has 0 amide bonds. The summed E-state index contributed by atoms with van der Waals surface area (Å²) in [6, 6.07) is 0. The van der Waals surface area contributed by atoms with E-state index in [4.69, 9.17) is 19.3 Å². The summed E-state index contributed by atoms with van der Waals surface area (Å²) in [4.78, 5) is 42.5. The van der Waals surface area contributed by atoms with Crippen molar-refractivity contribution in [3.8, 4) is 0 Å². The molecule has 0 aromatic heterocycles. The molecule has 282 valence electrons. The summed E-state index contributed by atoms with van der Waals surface area (Å²) in [5.41, 5.74) is 0. The average molecular weight is 701 g/mol. The molecule has 0 aliphatic carbocycles. The SMILES string of the molecule is CCCCCCC/C=C\C/C=C\CCCCCCCCCCCCCC(=O)OC(COC(=O)CCCCCCCCC)COP(=O)(O)O. The minimum absolute atomic E-state index is 0.212. The van der Waals surface area contributed by atoms with Gasteiger partial charge in [0.25, 0.3) is 0 Å². The first-order valence-electron chi connectivity index (χ1n) is 19.6. The Hall–Kier alpha value is -1.47. The monoisotopic (exact) mass is 701 g/mol. The van der Waals surface area contributed by atoms with E-state index in [0.29, 0.717) is 6.42 Å². The van der Waals surface area contributed by atoms with Crippen LogP contribution in [0.1, 0.15) is 194 Å². The molecule has 0 aromatic rings. The van der Waals surface area contributed by atoms with E-state index in [-0.39, 0.29) is 19.4 Å². The van der Waals surface area contributed by atoms with Crippen molar-refractivity contribution in [1.29, 1.82) is 0 Å². The highest BCUT2D eigenvalue weighted by Gasteiger charge is 2.22. The Balaban J connectivity index is 3.80. The van der Waals surface area contributed by atoms with Crippen molar-refractivity contribution in [3.63, 3.8) is 0 Å². The lowest BCUT2D eigenvalue weighted by Crippen LogP contribution is -2.29. The molecule has 1 unspecified atom stereocenters. The summed E-state index contributed by atoms with van der Waals surface area (Å²) in [7, 11) is -4.74. The Bertz CT molecular complexity index is 838. The van der Waals surface area contributed by atoms with Gasteiger partial charge in [-0.25, -0.2) is 4.57 Å². The number of hydrogen-bond acceptors (Lipinski definition) is 6. The third kappa shape index (κ3) is 37.4. The molecule has 0 aromatic carbocycles. The first-order chi connectivity index (χ1) is 23.3. The Morgan fingerprint density at radius 3 is 1.38 bits per heavy atom. The maximum atomic E-state index is 12.3. The number of phosphoric ester groups is 1. The second-order valence-corrected chi connectivity index (χ2v) is 14.5. The summed E-state index contributed by atoms with van der Waals surface area (Å²) < 4.78 is 26.2. The van der Waals surface area contributed by atoms with Crippen molar-refractivity contribution in [3.05, 3.63) is 24.3 Å². The van der Waals surface area contributed by atoms with Crippen LogP contribution >= 0.6 is 7.82 Å². The van der Waals surface area contributed by atoms with E-state index in [0.717, 1.165) is 51.4 Å². The first kappa shape index (κ1) is 46.5. The summed E-state index contributed by atoms with van der Waals surface area (Å²) >= 11 is 0. The third-order valence-corrected chi connectivity index (χ3v) is 8.96. The molecule has 0 saturated heterocycles. The summed E-state index contributed by atoms with van der Waals surface area (Å²) in [5.74, 6) is -0.890. The molecule has 0 fully saturated rings. The maximum absolute atomic E-state index is 12.3. The van der Waals surface area contributed by atoms with E-state index in [1.165, 1.54) is 109 Å². The van der Waals surface area contributed by atoms with Crippen molar-refractivity contribution in [2.24, 2.45) is 0 Å². The molecule has 9 heteroatoms. The molecule has 0 radical (unpaired) electrons. The molecular weight excluding hydrogens is 627 g/mol. The van der Waals surface area contributed by atoms with Crippen molar-refractivity contribution >= 4 is 19.8 Å². The minimum atomic E-state index is -4.74. The van der Waals surface area contributed by atoms with Gasteiger partial charge in [0.05, 0.1) is 6.61 Å². The minimum Gasteiger partial charge on any atom is -0.462 e. The molecule has 1 atom stereocenters. The molecule has 0 aliphatic rings. The third-order valence-electron chi connectivity index (χ3n) is 8.47. The van der Waals surface area contributed by atoms with Gasteiger partial charge in [-0.2, -0.15) is 0 Å². The van der Waals surface area contributed by atoms with Gasteiger partial charge in [-0.05, 0) is 44.9 Å². The maximum Gasteiger partial charge on any atom is 0.469 e. The molecular formula is C39H73O8P. The molecule has 0 rings (SSSR count). The van der Waals surface area contributed by atoms with Gasteiger partial charge < -0.3 is 19.3 Å². The van der Waals surface area contributed by atoms with Crippen LogP contribution in [0.15, 0.2) is 24.3 Å².